The second kappa shape index (κ2) is 5.96. The molecule has 2 nitrogen and oxygen atoms in total. The van der Waals surface area contributed by atoms with Crippen LogP contribution in [-0.4, -0.2) is 10.6 Å². The standard InChI is InChI=1S/C17H24NO.Li/c1-7-12(2)13-8-9-18-14(10-13)15-11-16(3,4)17(5,6)19-15;/h8-10,12H,7H2,1-6H3;/q-1;+1. The molecule has 0 spiro atoms. The topological polar surface area (TPSA) is 22.1 Å². The largest absolute Gasteiger partial charge is 1.00 e. The van der Waals surface area contributed by atoms with Gasteiger partial charge in [-0.25, -0.2) is 6.08 Å². The Kier molecular flexibility index (Phi) is 5.17. The first kappa shape index (κ1) is 17.3. The number of hydrogen-bond acceptors (Lipinski definition) is 2. The number of ether oxygens (including phenoxy) is 1. The monoisotopic (exact) mass is 265 g/mol. The molecule has 0 saturated heterocycles. The zero-order valence-corrected chi connectivity index (χ0v) is 13.9. The molecule has 1 aliphatic rings. The van der Waals surface area contributed by atoms with Crippen molar-refractivity contribution in [3.05, 3.63) is 35.7 Å². The molecule has 2 rings (SSSR count). The van der Waals surface area contributed by atoms with Crippen LogP contribution in [0.15, 0.2) is 18.3 Å². The molecule has 0 aliphatic carbocycles. The van der Waals surface area contributed by atoms with Gasteiger partial charge in [0.05, 0.1) is 5.60 Å². The normalized spacial score (nSPS) is 20.6. The number of hydrogen-bond donors (Lipinski definition) is 0. The molecule has 0 saturated carbocycles. The van der Waals surface area contributed by atoms with E-state index in [1.807, 2.05) is 6.20 Å². The Labute approximate surface area is 135 Å². The molecule has 104 valence electrons. The molecule has 1 aromatic rings. The minimum Gasteiger partial charge on any atom is -0.525 e. The van der Waals surface area contributed by atoms with Crippen molar-refractivity contribution in [1.82, 2.24) is 4.98 Å². The first-order valence-corrected chi connectivity index (χ1v) is 7.07. The third-order valence-corrected chi connectivity index (χ3v) is 4.49. The van der Waals surface area contributed by atoms with Crippen LogP contribution in [-0.2, 0) is 4.74 Å². The predicted molar refractivity (Wildman–Crippen MR) is 78.5 cm³/mol. The summed E-state index contributed by atoms with van der Waals surface area (Å²) in [6.07, 6.45) is 6.45. The van der Waals surface area contributed by atoms with Gasteiger partial charge in [0.25, 0.3) is 0 Å². The summed E-state index contributed by atoms with van der Waals surface area (Å²) < 4.78 is 6.06. The fourth-order valence-electron chi connectivity index (χ4n) is 2.07. The van der Waals surface area contributed by atoms with Crippen LogP contribution in [0, 0.1) is 11.5 Å². The molecule has 0 aromatic carbocycles. The molecule has 1 atom stereocenters. The summed E-state index contributed by atoms with van der Waals surface area (Å²) >= 11 is 0. The Bertz CT molecular complexity index is 505. The molecular formula is C17H24LiNO. The Morgan fingerprint density at radius 2 is 1.95 bits per heavy atom. The smallest absolute Gasteiger partial charge is 0.525 e. The maximum Gasteiger partial charge on any atom is 1.00 e. The van der Waals surface area contributed by atoms with Crippen LogP contribution in [0.3, 0.4) is 0 Å². The summed E-state index contributed by atoms with van der Waals surface area (Å²) in [5.74, 6) is 1.34. The fourth-order valence-corrected chi connectivity index (χ4v) is 2.07. The van der Waals surface area contributed by atoms with E-state index in [4.69, 9.17) is 4.74 Å². The zero-order valence-electron chi connectivity index (χ0n) is 13.9. The Morgan fingerprint density at radius 3 is 2.45 bits per heavy atom. The van der Waals surface area contributed by atoms with E-state index in [1.165, 1.54) is 5.56 Å². The molecular weight excluding hydrogens is 241 g/mol. The van der Waals surface area contributed by atoms with Crippen molar-refractivity contribution in [3.8, 4) is 0 Å². The van der Waals surface area contributed by atoms with E-state index in [9.17, 15) is 0 Å². The second-order valence-electron chi connectivity index (χ2n) is 6.48. The van der Waals surface area contributed by atoms with Crippen LogP contribution in [0.2, 0.25) is 0 Å². The molecule has 0 amide bonds. The zero-order chi connectivity index (χ0) is 14.3. The summed E-state index contributed by atoms with van der Waals surface area (Å²) in [5.41, 5.74) is 1.87. The van der Waals surface area contributed by atoms with Crippen molar-refractivity contribution in [3.63, 3.8) is 0 Å². The van der Waals surface area contributed by atoms with Gasteiger partial charge in [0.1, 0.15) is 0 Å². The van der Waals surface area contributed by atoms with Gasteiger partial charge in [-0.3, -0.25) is 0 Å². The van der Waals surface area contributed by atoms with Crippen LogP contribution < -0.4 is 18.9 Å². The van der Waals surface area contributed by atoms with E-state index in [0.29, 0.717) is 5.92 Å². The molecule has 1 aliphatic heterocycles. The third-order valence-electron chi connectivity index (χ3n) is 4.49. The quantitative estimate of drug-likeness (QED) is 0.611. The van der Waals surface area contributed by atoms with E-state index in [0.717, 1.165) is 17.9 Å². The van der Waals surface area contributed by atoms with Crippen molar-refractivity contribution in [1.29, 1.82) is 0 Å². The Balaban J connectivity index is 0.00000200. The van der Waals surface area contributed by atoms with Gasteiger partial charge in [-0.1, -0.05) is 33.3 Å². The minimum absolute atomic E-state index is 0. The molecule has 3 heteroatoms. The molecule has 0 radical (unpaired) electrons. The van der Waals surface area contributed by atoms with Crippen LogP contribution in [0.25, 0.3) is 5.76 Å². The van der Waals surface area contributed by atoms with Crippen LogP contribution in [0.5, 0.6) is 0 Å². The van der Waals surface area contributed by atoms with Crippen LogP contribution in [0.1, 0.15) is 65.1 Å². The van der Waals surface area contributed by atoms with Gasteiger partial charge in [0, 0.05) is 6.20 Å². The SMILES string of the molecule is CCC(C)c1ccnc(C2=[C-]C(C)(C)C(C)(C)O2)c1.[Li+]. The van der Waals surface area contributed by atoms with Crippen molar-refractivity contribution >= 4 is 5.76 Å². The average Bonchev–Trinajstić information content (AvgIpc) is 2.58. The maximum atomic E-state index is 6.06. The fraction of sp³-hybridized carbons (Fsp3) is 0.588. The van der Waals surface area contributed by atoms with E-state index in [-0.39, 0.29) is 29.9 Å². The van der Waals surface area contributed by atoms with Crippen molar-refractivity contribution in [2.45, 2.75) is 59.5 Å². The summed E-state index contributed by atoms with van der Waals surface area (Å²) in [6.45, 7) is 12.9. The number of rotatable bonds is 3. The Hall–Kier alpha value is -0.713. The van der Waals surface area contributed by atoms with E-state index >= 15 is 0 Å². The van der Waals surface area contributed by atoms with E-state index in [2.05, 4.69) is 64.7 Å². The predicted octanol–water partition coefficient (Wildman–Crippen LogP) is 1.58. The van der Waals surface area contributed by atoms with Gasteiger partial charge >= 0.3 is 18.9 Å². The first-order chi connectivity index (χ1) is 8.77. The number of pyridine rings is 1. The van der Waals surface area contributed by atoms with Gasteiger partial charge in [0.2, 0.25) is 0 Å². The maximum absolute atomic E-state index is 6.06. The minimum atomic E-state index is -0.240. The number of aromatic nitrogens is 1. The molecule has 0 fully saturated rings. The van der Waals surface area contributed by atoms with Crippen molar-refractivity contribution in [2.24, 2.45) is 5.41 Å². The second-order valence-corrected chi connectivity index (χ2v) is 6.48. The van der Waals surface area contributed by atoms with Gasteiger partial charge in [-0.05, 0) is 49.1 Å². The van der Waals surface area contributed by atoms with E-state index < -0.39 is 0 Å². The van der Waals surface area contributed by atoms with Gasteiger partial charge < -0.3 is 9.72 Å². The summed E-state index contributed by atoms with van der Waals surface area (Å²) in [4.78, 5) is 4.44. The summed E-state index contributed by atoms with van der Waals surface area (Å²) in [6, 6.07) is 4.22. The average molecular weight is 265 g/mol. The van der Waals surface area contributed by atoms with E-state index in [1.54, 1.807) is 0 Å². The molecule has 0 N–H and O–H groups in total. The molecule has 2 heterocycles. The van der Waals surface area contributed by atoms with Gasteiger partial charge in [-0.15, -0.1) is 6.07 Å². The number of nitrogens with zero attached hydrogens (tertiary/aromatic N) is 1. The first-order valence-electron chi connectivity index (χ1n) is 7.07. The van der Waals surface area contributed by atoms with Gasteiger partial charge in [-0.2, -0.15) is 0 Å². The molecule has 1 aromatic heterocycles. The Morgan fingerprint density at radius 1 is 1.30 bits per heavy atom. The molecule has 20 heavy (non-hydrogen) atoms. The summed E-state index contributed by atoms with van der Waals surface area (Å²) in [7, 11) is 0. The van der Waals surface area contributed by atoms with Crippen LogP contribution >= 0.6 is 0 Å². The third kappa shape index (κ3) is 3.13. The molecule has 0 bridgehead atoms. The molecule has 1 unspecified atom stereocenters. The van der Waals surface area contributed by atoms with Crippen molar-refractivity contribution in [2.75, 3.05) is 0 Å². The van der Waals surface area contributed by atoms with Gasteiger partial charge in [0.15, 0.2) is 0 Å². The van der Waals surface area contributed by atoms with Crippen LogP contribution in [0.4, 0.5) is 0 Å². The summed E-state index contributed by atoms with van der Waals surface area (Å²) in [5, 5.41) is 0. The van der Waals surface area contributed by atoms with Crippen molar-refractivity contribution < 1.29 is 23.6 Å².